The normalized spacial score (nSPS) is 14.9. The Morgan fingerprint density at radius 2 is 1.94 bits per heavy atom. The molecule has 0 fully saturated rings. The molecule has 1 atom stereocenters. The Kier molecular flexibility index (Phi) is 5.96. The fourth-order valence-electron chi connectivity index (χ4n) is 3.83. The molecule has 0 aliphatic carbocycles. The van der Waals surface area contributed by atoms with Crippen LogP contribution in [-0.2, 0) is 6.42 Å². The van der Waals surface area contributed by atoms with Crippen LogP contribution in [0.2, 0.25) is 0 Å². The van der Waals surface area contributed by atoms with Gasteiger partial charge in [0.05, 0.1) is 12.6 Å². The Hall–Kier alpha value is -3.31. The molecule has 3 aromatic rings. The molecule has 1 heterocycles. The molecule has 0 unspecified atom stereocenters. The fraction of sp³-hybridized carbons (Fsp3) is 0.269. The first-order valence-electron chi connectivity index (χ1n) is 10.5. The Labute approximate surface area is 182 Å². The van der Waals surface area contributed by atoms with Gasteiger partial charge in [-0.1, -0.05) is 50.2 Å². The first-order chi connectivity index (χ1) is 14.9. The zero-order valence-electron chi connectivity index (χ0n) is 17.8. The summed E-state index contributed by atoms with van der Waals surface area (Å²) >= 11 is 0. The van der Waals surface area contributed by atoms with Crippen molar-refractivity contribution >= 4 is 5.97 Å². The molecule has 3 aromatic carbocycles. The Bertz CT molecular complexity index is 1110. The Balaban J connectivity index is 1.57. The molecule has 160 valence electrons. The highest BCUT2D eigenvalue weighted by molar-refractivity contribution is 5.90. The van der Waals surface area contributed by atoms with E-state index in [1.807, 2.05) is 6.07 Å². The lowest BCUT2D eigenvalue weighted by Crippen LogP contribution is -2.10. The summed E-state index contributed by atoms with van der Waals surface area (Å²) in [5, 5.41) is 9.33. The van der Waals surface area contributed by atoms with Crippen molar-refractivity contribution in [3.8, 4) is 22.6 Å². The van der Waals surface area contributed by atoms with Crippen LogP contribution >= 0.6 is 0 Å². The third-order valence-electron chi connectivity index (χ3n) is 5.61. The second-order valence-electron chi connectivity index (χ2n) is 8.19. The fourth-order valence-corrected chi connectivity index (χ4v) is 3.83. The second-order valence-corrected chi connectivity index (χ2v) is 8.19. The summed E-state index contributed by atoms with van der Waals surface area (Å²) in [6.07, 6.45) is 0.676. The number of benzene rings is 3. The van der Waals surface area contributed by atoms with E-state index in [9.17, 15) is 9.90 Å². The van der Waals surface area contributed by atoms with Crippen LogP contribution in [0, 0.1) is 0 Å². The number of aromatic carboxylic acids is 1. The highest BCUT2D eigenvalue weighted by atomic mass is 16.5. The maximum atomic E-state index is 11.4. The minimum absolute atomic E-state index is 0.0922. The number of nitrogens with two attached hydrogens (primary N) is 1. The van der Waals surface area contributed by atoms with E-state index < -0.39 is 5.97 Å². The number of carboxylic acids is 1. The number of fused-ring (bicyclic) bond motifs is 1. The maximum Gasteiger partial charge on any atom is 0.339 e. The van der Waals surface area contributed by atoms with Gasteiger partial charge < -0.3 is 20.3 Å². The molecule has 4 rings (SSSR count). The first-order valence-corrected chi connectivity index (χ1v) is 10.5. The topological polar surface area (TPSA) is 81.8 Å². The summed E-state index contributed by atoms with van der Waals surface area (Å²) in [5.41, 5.74) is 12.0. The van der Waals surface area contributed by atoms with Gasteiger partial charge in [0.2, 0.25) is 0 Å². The molecule has 0 saturated heterocycles. The van der Waals surface area contributed by atoms with Crippen LogP contribution in [0.15, 0.2) is 60.7 Å². The van der Waals surface area contributed by atoms with E-state index in [0.717, 1.165) is 28.0 Å². The predicted octanol–water partition coefficient (Wildman–Crippen LogP) is 5.19. The van der Waals surface area contributed by atoms with Gasteiger partial charge in [0.15, 0.2) is 0 Å². The molecule has 31 heavy (non-hydrogen) atoms. The third-order valence-corrected chi connectivity index (χ3v) is 5.61. The van der Waals surface area contributed by atoms with Crippen molar-refractivity contribution in [3.05, 3.63) is 82.9 Å². The summed E-state index contributed by atoms with van der Waals surface area (Å²) in [6, 6.07) is 19.4. The molecule has 3 N–H and O–H groups in total. The van der Waals surface area contributed by atoms with E-state index in [0.29, 0.717) is 31.3 Å². The van der Waals surface area contributed by atoms with Gasteiger partial charge in [-0.25, -0.2) is 4.79 Å². The second kappa shape index (κ2) is 8.82. The van der Waals surface area contributed by atoms with E-state index in [4.69, 9.17) is 15.2 Å². The zero-order chi connectivity index (χ0) is 22.0. The van der Waals surface area contributed by atoms with E-state index >= 15 is 0 Å². The minimum Gasteiger partial charge on any atom is -0.492 e. The van der Waals surface area contributed by atoms with Gasteiger partial charge in [-0.05, 0) is 52.4 Å². The summed E-state index contributed by atoms with van der Waals surface area (Å²) in [5.74, 6) is 0.649. The average molecular weight is 418 g/mol. The van der Waals surface area contributed by atoms with E-state index in [2.05, 4.69) is 44.2 Å². The number of carboxylic acid groups (broad SMARTS) is 1. The lowest BCUT2D eigenvalue weighted by atomic mass is 9.92. The number of ether oxygens (including phenoxy) is 2. The van der Waals surface area contributed by atoms with Crippen molar-refractivity contribution in [2.45, 2.75) is 32.2 Å². The summed E-state index contributed by atoms with van der Waals surface area (Å²) < 4.78 is 11.4. The number of hydrogen-bond acceptors (Lipinski definition) is 4. The zero-order valence-corrected chi connectivity index (χ0v) is 17.8. The molecule has 0 bridgehead atoms. The van der Waals surface area contributed by atoms with Gasteiger partial charge in [-0.3, -0.25) is 0 Å². The van der Waals surface area contributed by atoms with Gasteiger partial charge in [0, 0.05) is 12.0 Å². The molecular formula is C26H27NO4. The van der Waals surface area contributed by atoms with Crippen LogP contribution in [0.3, 0.4) is 0 Å². The Morgan fingerprint density at radius 1 is 1.13 bits per heavy atom. The molecule has 0 spiro atoms. The monoisotopic (exact) mass is 417 g/mol. The van der Waals surface area contributed by atoms with Gasteiger partial charge in [0.1, 0.15) is 23.7 Å². The van der Waals surface area contributed by atoms with Crippen molar-refractivity contribution in [1.82, 2.24) is 0 Å². The van der Waals surface area contributed by atoms with Crippen LogP contribution in [0.5, 0.6) is 11.5 Å². The van der Waals surface area contributed by atoms with Crippen molar-refractivity contribution in [1.29, 1.82) is 0 Å². The average Bonchev–Trinajstić information content (AvgIpc) is 3.14. The number of para-hydroxylation sites is 1. The standard InChI is InChI=1S/C26H27NO4/c1-16(2)19-11-17(9-10-30-24-6-4-3-5-21(24)26(28)29)12-20(13-19)18-7-8-25-22(14-18)23(27)15-31-25/h3-8,11-14,16,23H,9-10,15,27H2,1-2H3,(H,28,29)/t23-/m1/s1. The van der Waals surface area contributed by atoms with E-state index in [1.165, 1.54) is 5.56 Å². The van der Waals surface area contributed by atoms with Crippen LogP contribution in [0.25, 0.3) is 11.1 Å². The van der Waals surface area contributed by atoms with Gasteiger partial charge in [-0.15, -0.1) is 0 Å². The highest BCUT2D eigenvalue weighted by Gasteiger charge is 2.21. The van der Waals surface area contributed by atoms with Crippen LogP contribution in [-0.4, -0.2) is 24.3 Å². The molecule has 1 aliphatic rings. The van der Waals surface area contributed by atoms with Crippen LogP contribution in [0.1, 0.15) is 52.9 Å². The minimum atomic E-state index is -0.988. The summed E-state index contributed by atoms with van der Waals surface area (Å²) in [6.45, 7) is 5.27. The van der Waals surface area contributed by atoms with E-state index in [1.54, 1.807) is 24.3 Å². The molecule has 0 amide bonds. The predicted molar refractivity (Wildman–Crippen MR) is 121 cm³/mol. The molecule has 0 saturated carbocycles. The highest BCUT2D eigenvalue weighted by Crippen LogP contribution is 2.35. The SMILES string of the molecule is CC(C)c1cc(CCOc2ccccc2C(=O)O)cc(-c2ccc3c(c2)[C@H](N)CO3)c1. The summed E-state index contributed by atoms with van der Waals surface area (Å²) in [7, 11) is 0. The molecular weight excluding hydrogens is 390 g/mol. The quantitative estimate of drug-likeness (QED) is 0.553. The Morgan fingerprint density at radius 3 is 2.71 bits per heavy atom. The van der Waals surface area contributed by atoms with Gasteiger partial charge in [0.25, 0.3) is 0 Å². The molecule has 5 heteroatoms. The van der Waals surface area contributed by atoms with E-state index in [-0.39, 0.29) is 11.6 Å². The number of rotatable bonds is 7. The van der Waals surface area contributed by atoms with Crippen molar-refractivity contribution in [2.75, 3.05) is 13.2 Å². The van der Waals surface area contributed by atoms with Crippen molar-refractivity contribution in [2.24, 2.45) is 5.73 Å². The number of carbonyl (C=O) groups is 1. The van der Waals surface area contributed by atoms with Gasteiger partial charge in [-0.2, -0.15) is 0 Å². The molecule has 0 radical (unpaired) electrons. The van der Waals surface area contributed by atoms with Crippen LogP contribution in [0.4, 0.5) is 0 Å². The maximum absolute atomic E-state index is 11.4. The smallest absolute Gasteiger partial charge is 0.339 e. The first kappa shape index (κ1) is 20.9. The lowest BCUT2D eigenvalue weighted by Gasteiger charge is -2.14. The third kappa shape index (κ3) is 4.57. The van der Waals surface area contributed by atoms with Crippen molar-refractivity contribution < 1.29 is 19.4 Å². The molecule has 1 aliphatic heterocycles. The van der Waals surface area contributed by atoms with Gasteiger partial charge >= 0.3 is 5.97 Å². The largest absolute Gasteiger partial charge is 0.492 e. The summed E-state index contributed by atoms with van der Waals surface area (Å²) in [4.78, 5) is 11.4. The molecule has 0 aromatic heterocycles. The number of hydrogen-bond donors (Lipinski definition) is 2. The van der Waals surface area contributed by atoms with Crippen LogP contribution < -0.4 is 15.2 Å². The lowest BCUT2D eigenvalue weighted by molar-refractivity contribution is 0.0692. The van der Waals surface area contributed by atoms with Crippen molar-refractivity contribution in [3.63, 3.8) is 0 Å². The molecule has 5 nitrogen and oxygen atoms in total.